The van der Waals surface area contributed by atoms with Gasteiger partial charge in [-0.25, -0.2) is 4.79 Å². The van der Waals surface area contributed by atoms with Gasteiger partial charge < -0.3 is 15.0 Å². The molecule has 0 aliphatic carbocycles. The van der Waals surface area contributed by atoms with Crippen LogP contribution in [0, 0.1) is 5.92 Å². The van der Waals surface area contributed by atoms with Gasteiger partial charge in [-0.2, -0.15) is 0 Å². The average molecular weight is 290 g/mol. The van der Waals surface area contributed by atoms with Crippen molar-refractivity contribution in [1.82, 2.24) is 4.90 Å². The van der Waals surface area contributed by atoms with E-state index in [1.165, 1.54) is 7.11 Å². The van der Waals surface area contributed by atoms with E-state index in [9.17, 15) is 14.4 Å². The zero-order valence-corrected chi connectivity index (χ0v) is 12.1. The number of para-hydroxylation sites is 1. The van der Waals surface area contributed by atoms with Crippen LogP contribution in [0.15, 0.2) is 24.3 Å². The highest BCUT2D eigenvalue weighted by Gasteiger charge is 2.33. The third kappa shape index (κ3) is 3.21. The number of amides is 2. The molecule has 1 atom stereocenters. The quantitative estimate of drug-likeness (QED) is 0.848. The van der Waals surface area contributed by atoms with E-state index in [2.05, 4.69) is 10.1 Å². The van der Waals surface area contributed by atoms with Crippen molar-refractivity contribution in [3.05, 3.63) is 29.8 Å². The summed E-state index contributed by atoms with van der Waals surface area (Å²) >= 11 is 0. The van der Waals surface area contributed by atoms with Gasteiger partial charge in [0, 0.05) is 19.5 Å². The zero-order chi connectivity index (χ0) is 15.4. The Balaban J connectivity index is 2.11. The van der Waals surface area contributed by atoms with Crippen molar-refractivity contribution < 1.29 is 19.1 Å². The molecule has 0 spiro atoms. The Labute approximate surface area is 123 Å². The van der Waals surface area contributed by atoms with Crippen molar-refractivity contribution in [2.75, 3.05) is 25.5 Å². The molecule has 1 unspecified atom stereocenters. The van der Waals surface area contributed by atoms with Crippen molar-refractivity contribution >= 4 is 23.5 Å². The van der Waals surface area contributed by atoms with E-state index in [0.717, 1.165) is 0 Å². The number of carbonyl (C=O) groups excluding carboxylic acids is 3. The molecule has 2 rings (SSSR count). The predicted molar refractivity (Wildman–Crippen MR) is 76.8 cm³/mol. The van der Waals surface area contributed by atoms with Crippen molar-refractivity contribution in [2.24, 2.45) is 5.92 Å². The van der Waals surface area contributed by atoms with Gasteiger partial charge in [-0.3, -0.25) is 9.59 Å². The summed E-state index contributed by atoms with van der Waals surface area (Å²) in [6.45, 7) is 2.90. The summed E-state index contributed by atoms with van der Waals surface area (Å²) in [4.78, 5) is 37.2. The van der Waals surface area contributed by atoms with Crippen LogP contribution in [0.3, 0.4) is 0 Å². The van der Waals surface area contributed by atoms with Crippen molar-refractivity contribution in [1.29, 1.82) is 0 Å². The summed E-state index contributed by atoms with van der Waals surface area (Å²) in [5.41, 5.74) is 0.696. The molecule has 1 saturated heterocycles. The topological polar surface area (TPSA) is 75.7 Å². The SMILES string of the molecule is CCN1CC(C(=O)Nc2ccccc2C(=O)OC)CC1=O. The van der Waals surface area contributed by atoms with E-state index in [1.54, 1.807) is 29.2 Å². The minimum atomic E-state index is -0.511. The Morgan fingerprint density at radius 2 is 2.10 bits per heavy atom. The fourth-order valence-corrected chi connectivity index (χ4v) is 2.37. The minimum Gasteiger partial charge on any atom is -0.465 e. The van der Waals surface area contributed by atoms with Crippen LogP contribution in [0.1, 0.15) is 23.7 Å². The molecule has 1 aliphatic heterocycles. The highest BCUT2D eigenvalue weighted by molar-refractivity contribution is 6.03. The van der Waals surface area contributed by atoms with Crippen LogP contribution in [-0.2, 0) is 14.3 Å². The van der Waals surface area contributed by atoms with Gasteiger partial charge in [-0.05, 0) is 19.1 Å². The number of nitrogens with zero attached hydrogens (tertiary/aromatic N) is 1. The molecule has 1 fully saturated rings. The van der Waals surface area contributed by atoms with Crippen LogP contribution in [-0.4, -0.2) is 42.9 Å². The molecule has 6 heteroatoms. The van der Waals surface area contributed by atoms with E-state index >= 15 is 0 Å². The molecule has 112 valence electrons. The number of anilines is 1. The highest BCUT2D eigenvalue weighted by atomic mass is 16.5. The Kier molecular flexibility index (Phi) is 4.57. The van der Waals surface area contributed by atoms with E-state index in [1.807, 2.05) is 6.92 Å². The number of ether oxygens (including phenoxy) is 1. The maximum atomic E-state index is 12.2. The number of methoxy groups -OCH3 is 1. The lowest BCUT2D eigenvalue weighted by Gasteiger charge is -2.14. The number of hydrogen-bond acceptors (Lipinski definition) is 4. The van der Waals surface area contributed by atoms with Crippen LogP contribution in [0.5, 0.6) is 0 Å². The van der Waals surface area contributed by atoms with Gasteiger partial charge in [0.15, 0.2) is 0 Å². The Morgan fingerprint density at radius 1 is 1.38 bits per heavy atom. The molecule has 0 radical (unpaired) electrons. The molecular formula is C15H18N2O4. The fraction of sp³-hybridized carbons (Fsp3) is 0.400. The maximum Gasteiger partial charge on any atom is 0.339 e. The maximum absolute atomic E-state index is 12.2. The Morgan fingerprint density at radius 3 is 2.71 bits per heavy atom. The van der Waals surface area contributed by atoms with E-state index in [4.69, 9.17) is 0 Å². The van der Waals surface area contributed by atoms with Crippen molar-refractivity contribution in [2.45, 2.75) is 13.3 Å². The lowest BCUT2D eigenvalue weighted by Crippen LogP contribution is -2.28. The summed E-state index contributed by atoms with van der Waals surface area (Å²) in [5.74, 6) is -1.17. The number of esters is 1. The molecule has 6 nitrogen and oxygen atoms in total. The molecule has 1 aliphatic rings. The van der Waals surface area contributed by atoms with Crippen molar-refractivity contribution in [3.63, 3.8) is 0 Å². The Bertz CT molecular complexity index is 571. The van der Waals surface area contributed by atoms with E-state index < -0.39 is 5.97 Å². The number of benzene rings is 1. The van der Waals surface area contributed by atoms with Gasteiger partial charge in [0.2, 0.25) is 11.8 Å². The molecule has 2 amide bonds. The zero-order valence-electron chi connectivity index (χ0n) is 12.1. The number of hydrogen-bond donors (Lipinski definition) is 1. The summed E-state index contributed by atoms with van der Waals surface area (Å²) in [6, 6.07) is 6.64. The lowest BCUT2D eigenvalue weighted by atomic mass is 10.1. The summed E-state index contributed by atoms with van der Waals surface area (Å²) in [5, 5.41) is 2.71. The normalized spacial score (nSPS) is 17.7. The lowest BCUT2D eigenvalue weighted by molar-refractivity contribution is -0.128. The molecular weight excluding hydrogens is 272 g/mol. The number of rotatable bonds is 4. The fourth-order valence-electron chi connectivity index (χ4n) is 2.37. The molecule has 1 aromatic rings. The van der Waals surface area contributed by atoms with Crippen molar-refractivity contribution in [3.8, 4) is 0 Å². The second-order valence-corrected chi connectivity index (χ2v) is 4.86. The second kappa shape index (κ2) is 6.39. The molecule has 1 heterocycles. The predicted octanol–water partition coefficient (Wildman–Crippen LogP) is 1.28. The first-order valence-electron chi connectivity index (χ1n) is 6.82. The van der Waals surface area contributed by atoms with Gasteiger partial charge >= 0.3 is 5.97 Å². The standard InChI is InChI=1S/C15H18N2O4/c1-3-17-9-10(8-13(17)18)14(19)16-12-7-5-4-6-11(12)15(20)21-2/h4-7,10H,3,8-9H2,1-2H3,(H,16,19). The molecule has 0 aromatic heterocycles. The van der Waals surface area contributed by atoms with Crippen LogP contribution >= 0.6 is 0 Å². The van der Waals surface area contributed by atoms with Crippen LogP contribution in [0.2, 0.25) is 0 Å². The number of nitrogens with one attached hydrogen (secondary N) is 1. The van der Waals surface area contributed by atoms with Crippen LogP contribution < -0.4 is 5.32 Å². The monoisotopic (exact) mass is 290 g/mol. The number of carbonyl (C=O) groups is 3. The summed E-state index contributed by atoms with van der Waals surface area (Å²) in [7, 11) is 1.29. The van der Waals surface area contributed by atoms with Gasteiger partial charge in [-0.15, -0.1) is 0 Å². The van der Waals surface area contributed by atoms with Gasteiger partial charge in [-0.1, -0.05) is 12.1 Å². The van der Waals surface area contributed by atoms with E-state index in [-0.39, 0.29) is 24.2 Å². The first-order valence-corrected chi connectivity index (χ1v) is 6.82. The van der Waals surface area contributed by atoms with Crippen LogP contribution in [0.25, 0.3) is 0 Å². The molecule has 1 N–H and O–H groups in total. The summed E-state index contributed by atoms with van der Waals surface area (Å²) in [6.07, 6.45) is 0.208. The smallest absolute Gasteiger partial charge is 0.339 e. The second-order valence-electron chi connectivity index (χ2n) is 4.86. The molecule has 21 heavy (non-hydrogen) atoms. The third-order valence-electron chi connectivity index (χ3n) is 3.56. The summed E-state index contributed by atoms with van der Waals surface area (Å²) < 4.78 is 4.68. The molecule has 0 bridgehead atoms. The van der Waals surface area contributed by atoms with Gasteiger partial charge in [0.05, 0.1) is 24.3 Å². The average Bonchev–Trinajstić information content (AvgIpc) is 2.88. The minimum absolute atomic E-state index is 0.0149. The highest BCUT2D eigenvalue weighted by Crippen LogP contribution is 2.21. The first kappa shape index (κ1) is 15.0. The molecule has 0 saturated carbocycles. The van der Waals surface area contributed by atoms with Crippen LogP contribution in [0.4, 0.5) is 5.69 Å². The van der Waals surface area contributed by atoms with E-state index in [0.29, 0.717) is 24.3 Å². The number of likely N-dealkylation sites (tertiary alicyclic amines) is 1. The largest absolute Gasteiger partial charge is 0.465 e. The van der Waals surface area contributed by atoms with Gasteiger partial charge in [0.1, 0.15) is 0 Å². The Hall–Kier alpha value is -2.37. The third-order valence-corrected chi connectivity index (χ3v) is 3.56. The van der Waals surface area contributed by atoms with Gasteiger partial charge in [0.25, 0.3) is 0 Å². The molecule has 1 aromatic carbocycles. The first-order chi connectivity index (χ1) is 10.1.